The fourth-order valence-corrected chi connectivity index (χ4v) is 1.36. The first-order valence-electron chi connectivity index (χ1n) is 6.08. The van der Waals surface area contributed by atoms with E-state index in [9.17, 15) is 9.90 Å². The number of phenolic OH excluding ortho intramolecular Hbond substituents is 1. The predicted molar refractivity (Wildman–Crippen MR) is 72.9 cm³/mol. The lowest BCUT2D eigenvalue weighted by Crippen LogP contribution is -2.13. The van der Waals surface area contributed by atoms with Gasteiger partial charge >= 0.3 is 5.97 Å². The van der Waals surface area contributed by atoms with Crippen molar-refractivity contribution >= 4 is 12.2 Å². The molecule has 19 heavy (non-hydrogen) atoms. The molecule has 0 aliphatic heterocycles. The Labute approximate surface area is 112 Å². The summed E-state index contributed by atoms with van der Waals surface area (Å²) in [6.45, 7) is 4.12. The Balaban J connectivity index is 2.52. The van der Waals surface area contributed by atoms with Crippen molar-refractivity contribution in [2.75, 3.05) is 20.3 Å². The Morgan fingerprint density at radius 3 is 2.84 bits per heavy atom. The SMILES string of the molecule is COc1cccc(O)c1C=NCCOC(=O)C(C)C. The Kier molecular flexibility index (Phi) is 5.85. The van der Waals surface area contributed by atoms with Gasteiger partial charge in [0.05, 0.1) is 25.1 Å². The van der Waals surface area contributed by atoms with Gasteiger partial charge in [-0.1, -0.05) is 19.9 Å². The molecule has 0 heterocycles. The summed E-state index contributed by atoms with van der Waals surface area (Å²) in [7, 11) is 1.52. The van der Waals surface area contributed by atoms with Crippen molar-refractivity contribution in [2.24, 2.45) is 10.9 Å². The molecule has 0 aliphatic rings. The van der Waals surface area contributed by atoms with Crippen LogP contribution in [0.5, 0.6) is 11.5 Å². The molecule has 0 saturated carbocycles. The molecule has 0 radical (unpaired) electrons. The van der Waals surface area contributed by atoms with Crippen LogP contribution in [-0.2, 0) is 9.53 Å². The third-order valence-corrected chi connectivity index (χ3v) is 2.42. The van der Waals surface area contributed by atoms with Crippen LogP contribution in [0.1, 0.15) is 19.4 Å². The van der Waals surface area contributed by atoms with Crippen LogP contribution >= 0.6 is 0 Å². The summed E-state index contributed by atoms with van der Waals surface area (Å²) in [5.74, 6) is 0.266. The van der Waals surface area contributed by atoms with Crippen molar-refractivity contribution in [3.05, 3.63) is 23.8 Å². The second-order valence-corrected chi connectivity index (χ2v) is 4.25. The lowest BCUT2D eigenvalue weighted by molar-refractivity contribution is -0.146. The molecular formula is C14H19NO4. The Morgan fingerprint density at radius 1 is 1.47 bits per heavy atom. The number of aromatic hydroxyl groups is 1. The van der Waals surface area contributed by atoms with Crippen LogP contribution in [0.3, 0.4) is 0 Å². The first kappa shape index (κ1) is 15.0. The fraction of sp³-hybridized carbons (Fsp3) is 0.429. The number of phenols is 1. The van der Waals surface area contributed by atoms with E-state index in [1.807, 2.05) is 0 Å². The van der Waals surface area contributed by atoms with E-state index in [2.05, 4.69) is 4.99 Å². The third-order valence-electron chi connectivity index (χ3n) is 2.42. The highest BCUT2D eigenvalue weighted by molar-refractivity contribution is 5.87. The molecular weight excluding hydrogens is 246 g/mol. The average Bonchev–Trinajstić information content (AvgIpc) is 2.39. The van der Waals surface area contributed by atoms with Crippen LogP contribution in [0.4, 0.5) is 0 Å². The summed E-state index contributed by atoms with van der Waals surface area (Å²) in [4.78, 5) is 15.3. The first-order chi connectivity index (χ1) is 9.06. The third kappa shape index (κ3) is 4.62. The molecule has 5 nitrogen and oxygen atoms in total. The highest BCUT2D eigenvalue weighted by atomic mass is 16.5. The molecule has 0 spiro atoms. The zero-order valence-electron chi connectivity index (χ0n) is 11.4. The number of hydrogen-bond acceptors (Lipinski definition) is 5. The molecule has 0 bridgehead atoms. The number of benzene rings is 1. The minimum atomic E-state index is -0.240. The molecule has 1 aromatic rings. The number of carbonyl (C=O) groups is 1. The molecule has 0 aliphatic carbocycles. The molecule has 1 rings (SSSR count). The molecule has 0 atom stereocenters. The van der Waals surface area contributed by atoms with Gasteiger partial charge in [-0.3, -0.25) is 9.79 Å². The fourth-order valence-electron chi connectivity index (χ4n) is 1.36. The standard InChI is InChI=1S/C14H19NO4/c1-10(2)14(17)19-8-7-15-9-11-12(16)5-4-6-13(11)18-3/h4-6,9-10,16H,7-8H2,1-3H3. The number of ether oxygens (including phenoxy) is 2. The summed E-state index contributed by atoms with van der Waals surface area (Å²) in [6, 6.07) is 4.98. The van der Waals surface area contributed by atoms with Crippen molar-refractivity contribution in [1.29, 1.82) is 0 Å². The van der Waals surface area contributed by atoms with Crippen LogP contribution in [0.2, 0.25) is 0 Å². The van der Waals surface area contributed by atoms with Crippen molar-refractivity contribution in [3.8, 4) is 11.5 Å². The Morgan fingerprint density at radius 2 is 2.21 bits per heavy atom. The number of rotatable bonds is 6. The largest absolute Gasteiger partial charge is 0.507 e. The van der Waals surface area contributed by atoms with Crippen LogP contribution in [0, 0.1) is 5.92 Å². The van der Waals surface area contributed by atoms with E-state index in [4.69, 9.17) is 9.47 Å². The van der Waals surface area contributed by atoms with Gasteiger partial charge < -0.3 is 14.6 Å². The van der Waals surface area contributed by atoms with Crippen LogP contribution < -0.4 is 4.74 Å². The van der Waals surface area contributed by atoms with Gasteiger partial charge in [-0.25, -0.2) is 0 Å². The van der Waals surface area contributed by atoms with E-state index in [1.165, 1.54) is 13.3 Å². The highest BCUT2D eigenvalue weighted by Crippen LogP contribution is 2.24. The van der Waals surface area contributed by atoms with E-state index in [-0.39, 0.29) is 24.2 Å². The molecule has 1 aromatic carbocycles. The quantitative estimate of drug-likeness (QED) is 0.485. The summed E-state index contributed by atoms with van der Waals surface area (Å²) in [5, 5.41) is 9.68. The van der Waals surface area contributed by atoms with Gasteiger partial charge in [0.25, 0.3) is 0 Å². The molecule has 0 aromatic heterocycles. The van der Waals surface area contributed by atoms with Crippen LogP contribution in [-0.4, -0.2) is 37.6 Å². The lowest BCUT2D eigenvalue weighted by Gasteiger charge is -2.06. The van der Waals surface area contributed by atoms with E-state index in [0.29, 0.717) is 17.9 Å². The molecule has 0 saturated heterocycles. The summed E-state index contributed by atoms with van der Waals surface area (Å²) in [5.41, 5.74) is 0.514. The highest BCUT2D eigenvalue weighted by Gasteiger charge is 2.07. The summed E-state index contributed by atoms with van der Waals surface area (Å²) in [6.07, 6.45) is 1.51. The van der Waals surface area contributed by atoms with Gasteiger partial charge in [0, 0.05) is 6.21 Å². The Bertz CT molecular complexity index is 455. The zero-order valence-corrected chi connectivity index (χ0v) is 11.4. The second-order valence-electron chi connectivity index (χ2n) is 4.25. The molecule has 104 valence electrons. The van der Waals surface area contributed by atoms with Gasteiger partial charge in [-0.2, -0.15) is 0 Å². The van der Waals surface area contributed by atoms with E-state index >= 15 is 0 Å². The lowest BCUT2D eigenvalue weighted by atomic mass is 10.2. The molecule has 0 amide bonds. The van der Waals surface area contributed by atoms with E-state index in [1.54, 1.807) is 32.0 Å². The molecule has 5 heteroatoms. The van der Waals surface area contributed by atoms with Crippen LogP contribution in [0.25, 0.3) is 0 Å². The maximum absolute atomic E-state index is 11.2. The van der Waals surface area contributed by atoms with Gasteiger partial charge in [0.1, 0.15) is 18.1 Å². The number of carbonyl (C=O) groups excluding carboxylic acids is 1. The number of aliphatic imine (C=N–C) groups is 1. The van der Waals surface area contributed by atoms with Gasteiger partial charge in [0.2, 0.25) is 0 Å². The van der Waals surface area contributed by atoms with Crippen LogP contribution in [0.15, 0.2) is 23.2 Å². The minimum absolute atomic E-state index is 0.0993. The Hall–Kier alpha value is -2.04. The monoisotopic (exact) mass is 265 g/mol. The zero-order chi connectivity index (χ0) is 14.3. The molecule has 1 N–H and O–H groups in total. The minimum Gasteiger partial charge on any atom is -0.507 e. The normalized spacial score (nSPS) is 10.9. The van der Waals surface area contributed by atoms with Gasteiger partial charge in [0.15, 0.2) is 0 Å². The van der Waals surface area contributed by atoms with Crippen molar-refractivity contribution in [3.63, 3.8) is 0 Å². The number of methoxy groups -OCH3 is 1. The second kappa shape index (κ2) is 7.41. The maximum atomic E-state index is 11.2. The average molecular weight is 265 g/mol. The molecule has 0 unspecified atom stereocenters. The van der Waals surface area contributed by atoms with Gasteiger partial charge in [-0.05, 0) is 12.1 Å². The summed E-state index contributed by atoms with van der Waals surface area (Å²) >= 11 is 0. The number of hydrogen-bond donors (Lipinski definition) is 1. The topological polar surface area (TPSA) is 68.1 Å². The molecule has 0 fully saturated rings. The summed E-state index contributed by atoms with van der Waals surface area (Å²) < 4.78 is 10.1. The van der Waals surface area contributed by atoms with Crippen molar-refractivity contribution < 1.29 is 19.4 Å². The number of nitrogens with zero attached hydrogens (tertiary/aromatic N) is 1. The van der Waals surface area contributed by atoms with Gasteiger partial charge in [-0.15, -0.1) is 0 Å². The van der Waals surface area contributed by atoms with Crippen molar-refractivity contribution in [2.45, 2.75) is 13.8 Å². The maximum Gasteiger partial charge on any atom is 0.308 e. The van der Waals surface area contributed by atoms with E-state index in [0.717, 1.165) is 0 Å². The smallest absolute Gasteiger partial charge is 0.308 e. The van der Waals surface area contributed by atoms with Crippen molar-refractivity contribution in [1.82, 2.24) is 0 Å². The number of esters is 1. The first-order valence-corrected chi connectivity index (χ1v) is 6.08. The predicted octanol–water partition coefficient (Wildman–Crippen LogP) is 2.02. The van der Waals surface area contributed by atoms with E-state index < -0.39 is 0 Å².